The summed E-state index contributed by atoms with van der Waals surface area (Å²) >= 11 is 0. The predicted molar refractivity (Wildman–Crippen MR) is 48.2 cm³/mol. The van der Waals surface area contributed by atoms with Gasteiger partial charge in [0, 0.05) is 13.2 Å². The van der Waals surface area contributed by atoms with Crippen molar-refractivity contribution >= 4 is 5.91 Å². The highest BCUT2D eigenvalue weighted by Gasteiger charge is 2.21. The highest BCUT2D eigenvalue weighted by molar-refractivity contribution is 5.78. The summed E-state index contributed by atoms with van der Waals surface area (Å²) in [4.78, 5) is 11.4. The van der Waals surface area contributed by atoms with E-state index in [0.717, 1.165) is 19.4 Å². The molecular formula is C9H17NO3. The number of nitrogens with one attached hydrogen (secondary N) is 1. The number of aliphatic hydroxyl groups excluding tert-OH is 1. The summed E-state index contributed by atoms with van der Waals surface area (Å²) in [5.41, 5.74) is 0. The zero-order chi connectivity index (χ0) is 9.68. The first-order chi connectivity index (χ1) is 6.20. The van der Waals surface area contributed by atoms with E-state index in [1.54, 1.807) is 6.92 Å². The maximum atomic E-state index is 11.4. The average molecular weight is 187 g/mol. The molecule has 76 valence electrons. The van der Waals surface area contributed by atoms with Crippen LogP contribution in [0.2, 0.25) is 0 Å². The van der Waals surface area contributed by atoms with Crippen LogP contribution in [0.3, 0.4) is 0 Å². The van der Waals surface area contributed by atoms with Crippen LogP contribution in [0.4, 0.5) is 0 Å². The lowest BCUT2D eigenvalue weighted by Crippen LogP contribution is -2.38. The van der Waals surface area contributed by atoms with Crippen LogP contribution in [-0.4, -0.2) is 36.9 Å². The zero-order valence-electron chi connectivity index (χ0n) is 7.95. The summed E-state index contributed by atoms with van der Waals surface area (Å²) in [7, 11) is 0. The minimum atomic E-state index is -0.478. The molecule has 13 heavy (non-hydrogen) atoms. The first kappa shape index (κ1) is 10.5. The molecule has 1 heterocycles. The molecule has 0 aromatic carbocycles. The van der Waals surface area contributed by atoms with Crippen molar-refractivity contribution in [2.75, 3.05) is 19.8 Å². The Balaban J connectivity index is 2.21. The predicted octanol–water partition coefficient (Wildman–Crippen LogP) is -0.0900. The number of hydrogen-bond acceptors (Lipinski definition) is 3. The molecule has 1 rings (SSSR count). The quantitative estimate of drug-likeness (QED) is 0.649. The second-order valence-corrected chi connectivity index (χ2v) is 3.51. The third-order valence-corrected chi connectivity index (χ3v) is 2.10. The summed E-state index contributed by atoms with van der Waals surface area (Å²) < 4.78 is 5.19. The summed E-state index contributed by atoms with van der Waals surface area (Å²) in [5, 5.41) is 11.6. The van der Waals surface area contributed by atoms with Crippen LogP contribution in [0.25, 0.3) is 0 Å². The molecule has 0 aromatic rings. The molecule has 1 fully saturated rings. The van der Waals surface area contributed by atoms with Crippen molar-refractivity contribution in [1.29, 1.82) is 0 Å². The highest BCUT2D eigenvalue weighted by Crippen LogP contribution is 2.13. The van der Waals surface area contributed by atoms with Gasteiger partial charge in [0.05, 0.1) is 18.6 Å². The fourth-order valence-corrected chi connectivity index (χ4v) is 1.34. The van der Waals surface area contributed by atoms with Gasteiger partial charge in [0.15, 0.2) is 0 Å². The Morgan fingerprint density at radius 1 is 1.77 bits per heavy atom. The van der Waals surface area contributed by atoms with Crippen LogP contribution in [-0.2, 0) is 9.53 Å². The molecule has 2 unspecified atom stereocenters. The fourth-order valence-electron chi connectivity index (χ4n) is 1.34. The third-order valence-electron chi connectivity index (χ3n) is 2.10. The molecule has 0 aliphatic carbocycles. The molecule has 4 nitrogen and oxygen atoms in total. The van der Waals surface area contributed by atoms with E-state index in [-0.39, 0.29) is 11.8 Å². The summed E-state index contributed by atoms with van der Waals surface area (Å²) in [6.07, 6.45) is 1.37. The van der Waals surface area contributed by atoms with E-state index in [1.807, 2.05) is 0 Å². The van der Waals surface area contributed by atoms with Crippen LogP contribution in [0.1, 0.15) is 19.8 Å². The minimum Gasteiger partial charge on any atom is -0.392 e. The van der Waals surface area contributed by atoms with Crippen LogP contribution in [0.5, 0.6) is 0 Å². The number of amides is 1. The van der Waals surface area contributed by atoms with Gasteiger partial charge in [0.25, 0.3) is 0 Å². The van der Waals surface area contributed by atoms with Gasteiger partial charge >= 0.3 is 0 Å². The minimum absolute atomic E-state index is 0.000556. The van der Waals surface area contributed by atoms with Crippen molar-refractivity contribution in [2.24, 2.45) is 5.92 Å². The normalized spacial score (nSPS) is 25.2. The number of ether oxygens (including phenoxy) is 1. The molecule has 2 N–H and O–H groups in total. The van der Waals surface area contributed by atoms with Crippen molar-refractivity contribution in [3.8, 4) is 0 Å². The van der Waals surface area contributed by atoms with Crippen molar-refractivity contribution in [3.05, 3.63) is 0 Å². The Morgan fingerprint density at radius 3 is 3.08 bits per heavy atom. The maximum absolute atomic E-state index is 11.4. The van der Waals surface area contributed by atoms with Gasteiger partial charge in [-0.25, -0.2) is 0 Å². The number of aliphatic hydroxyl groups is 1. The number of carbonyl (C=O) groups excluding carboxylic acids is 1. The van der Waals surface area contributed by atoms with E-state index in [2.05, 4.69) is 5.32 Å². The molecule has 0 radical (unpaired) electrons. The van der Waals surface area contributed by atoms with Gasteiger partial charge in [-0.15, -0.1) is 0 Å². The van der Waals surface area contributed by atoms with Crippen LogP contribution in [0, 0.1) is 5.92 Å². The lowest BCUT2D eigenvalue weighted by atomic mass is 10.0. The summed E-state index contributed by atoms with van der Waals surface area (Å²) in [6, 6.07) is 0. The van der Waals surface area contributed by atoms with Crippen molar-refractivity contribution in [1.82, 2.24) is 5.32 Å². The van der Waals surface area contributed by atoms with Gasteiger partial charge in [0.2, 0.25) is 5.91 Å². The molecule has 1 aliphatic rings. The molecule has 0 saturated carbocycles. The Morgan fingerprint density at radius 2 is 2.54 bits per heavy atom. The van der Waals surface area contributed by atoms with Crippen LogP contribution >= 0.6 is 0 Å². The molecule has 1 aliphatic heterocycles. The van der Waals surface area contributed by atoms with E-state index >= 15 is 0 Å². The maximum Gasteiger partial charge on any atom is 0.225 e. The van der Waals surface area contributed by atoms with Crippen molar-refractivity contribution in [2.45, 2.75) is 25.9 Å². The van der Waals surface area contributed by atoms with E-state index < -0.39 is 6.10 Å². The van der Waals surface area contributed by atoms with E-state index in [9.17, 15) is 4.79 Å². The van der Waals surface area contributed by atoms with Gasteiger partial charge in [-0.05, 0) is 19.8 Å². The number of hydrogen-bond donors (Lipinski definition) is 2. The monoisotopic (exact) mass is 187 g/mol. The summed E-state index contributed by atoms with van der Waals surface area (Å²) in [5.74, 6) is -0.0203. The van der Waals surface area contributed by atoms with Gasteiger partial charge in [-0.3, -0.25) is 4.79 Å². The summed E-state index contributed by atoms with van der Waals surface area (Å²) in [6.45, 7) is 3.26. The molecular weight excluding hydrogens is 170 g/mol. The van der Waals surface area contributed by atoms with Crippen molar-refractivity contribution < 1.29 is 14.6 Å². The molecule has 0 spiro atoms. The van der Waals surface area contributed by atoms with Crippen LogP contribution in [0.15, 0.2) is 0 Å². The molecule has 0 bridgehead atoms. The molecule has 0 aromatic heterocycles. The van der Waals surface area contributed by atoms with Crippen molar-refractivity contribution in [3.63, 3.8) is 0 Å². The van der Waals surface area contributed by atoms with E-state index in [4.69, 9.17) is 9.84 Å². The lowest BCUT2D eigenvalue weighted by molar-refractivity contribution is -0.129. The molecule has 4 heteroatoms. The molecule has 1 saturated heterocycles. The zero-order valence-corrected chi connectivity index (χ0v) is 7.95. The first-order valence-corrected chi connectivity index (χ1v) is 4.73. The second kappa shape index (κ2) is 5.19. The molecule has 1 amide bonds. The number of carbonyl (C=O) groups is 1. The highest BCUT2D eigenvalue weighted by atomic mass is 16.5. The second-order valence-electron chi connectivity index (χ2n) is 3.51. The van der Waals surface area contributed by atoms with Gasteiger partial charge in [-0.2, -0.15) is 0 Å². The average Bonchev–Trinajstić information content (AvgIpc) is 2.15. The number of rotatable bonds is 3. The van der Waals surface area contributed by atoms with Gasteiger partial charge in [-0.1, -0.05) is 0 Å². The first-order valence-electron chi connectivity index (χ1n) is 4.73. The lowest BCUT2D eigenvalue weighted by Gasteiger charge is -2.21. The van der Waals surface area contributed by atoms with Gasteiger partial charge < -0.3 is 15.2 Å². The van der Waals surface area contributed by atoms with Gasteiger partial charge in [0.1, 0.15) is 0 Å². The SMILES string of the molecule is CC(O)CNC(=O)C1CCCOC1. The van der Waals surface area contributed by atoms with E-state index in [0.29, 0.717) is 13.2 Å². The Hall–Kier alpha value is -0.610. The molecule has 2 atom stereocenters. The third kappa shape index (κ3) is 3.74. The Kier molecular flexibility index (Phi) is 4.18. The Bertz CT molecular complexity index is 164. The standard InChI is InChI=1S/C9H17NO3/c1-7(11)5-10-9(12)8-3-2-4-13-6-8/h7-8,11H,2-6H2,1H3,(H,10,12). The smallest absolute Gasteiger partial charge is 0.225 e. The van der Waals surface area contributed by atoms with Crippen LogP contribution < -0.4 is 5.32 Å². The van der Waals surface area contributed by atoms with E-state index in [1.165, 1.54) is 0 Å². The Labute approximate surface area is 78.3 Å². The topological polar surface area (TPSA) is 58.6 Å². The largest absolute Gasteiger partial charge is 0.392 e. The fraction of sp³-hybridized carbons (Fsp3) is 0.889.